The highest BCUT2D eigenvalue weighted by molar-refractivity contribution is 7.99. The van der Waals surface area contributed by atoms with Crippen LogP contribution in [0.25, 0.3) is 32.7 Å². The molecule has 3 aromatic carbocycles. The summed E-state index contributed by atoms with van der Waals surface area (Å²) in [6.45, 7) is 0.326. The monoisotopic (exact) mass is 523 g/mol. The molecule has 0 N–H and O–H groups in total. The number of aromatic nitrogens is 2. The third-order valence-electron chi connectivity index (χ3n) is 6.81. The van der Waals surface area contributed by atoms with Gasteiger partial charge in [-0.2, -0.15) is 5.10 Å². The molecule has 9 heteroatoms. The summed E-state index contributed by atoms with van der Waals surface area (Å²) in [6.07, 6.45) is 2.56. The van der Waals surface area contributed by atoms with E-state index in [1.165, 1.54) is 9.58 Å². The Morgan fingerprint density at radius 3 is 2.51 bits per heavy atom. The van der Waals surface area contributed by atoms with E-state index in [1.807, 2.05) is 36.4 Å². The van der Waals surface area contributed by atoms with E-state index in [-0.39, 0.29) is 49.7 Å². The number of carbonyl (C=O) groups is 1. The average molecular weight is 524 g/mol. The lowest BCUT2D eigenvalue weighted by Gasteiger charge is -2.31. The second kappa shape index (κ2) is 9.37. The molecule has 0 bridgehead atoms. The van der Waals surface area contributed by atoms with Crippen molar-refractivity contribution in [2.24, 2.45) is 0 Å². The first-order valence-electron chi connectivity index (χ1n) is 12.0. The van der Waals surface area contributed by atoms with Crippen molar-refractivity contribution in [2.75, 3.05) is 25.1 Å². The van der Waals surface area contributed by atoms with Crippen LogP contribution in [0.5, 0.6) is 0 Å². The molecule has 0 spiro atoms. The molecule has 1 saturated heterocycles. The lowest BCUT2D eigenvalue weighted by Crippen LogP contribution is -2.42. The number of likely N-dealkylation sites (tertiary alicyclic amines) is 1. The summed E-state index contributed by atoms with van der Waals surface area (Å²) in [6, 6.07) is 16.7. The minimum Gasteiger partial charge on any atom is -0.338 e. The topological polar surface area (TPSA) is 72.3 Å². The van der Waals surface area contributed by atoms with Crippen molar-refractivity contribution >= 4 is 42.8 Å². The van der Waals surface area contributed by atoms with E-state index in [9.17, 15) is 22.6 Å². The van der Waals surface area contributed by atoms with Crippen molar-refractivity contribution in [1.29, 1.82) is 0 Å². The van der Waals surface area contributed by atoms with Crippen molar-refractivity contribution in [2.45, 2.75) is 25.3 Å². The van der Waals surface area contributed by atoms with Crippen LogP contribution < -0.4 is 5.56 Å². The normalized spacial score (nSPS) is 17.1. The summed E-state index contributed by atoms with van der Waals surface area (Å²) in [5.74, 6) is 0.953. The van der Waals surface area contributed by atoms with E-state index in [0.717, 1.165) is 21.9 Å². The first-order valence-corrected chi connectivity index (χ1v) is 14.3. The molecule has 1 fully saturated rings. The predicted molar refractivity (Wildman–Crippen MR) is 145 cm³/mol. The van der Waals surface area contributed by atoms with E-state index in [4.69, 9.17) is 0 Å². The van der Waals surface area contributed by atoms with Crippen molar-refractivity contribution in [3.05, 3.63) is 76.7 Å². The first kappa shape index (κ1) is 25.1. The van der Waals surface area contributed by atoms with Gasteiger partial charge in [0.15, 0.2) is 0 Å². The summed E-state index contributed by atoms with van der Waals surface area (Å²) < 4.78 is 40.2. The van der Waals surface area contributed by atoms with Crippen molar-refractivity contribution < 1.29 is 17.8 Å². The van der Waals surface area contributed by atoms with Gasteiger partial charge in [-0.25, -0.2) is 13.5 Å². The number of piperidine rings is 1. The van der Waals surface area contributed by atoms with Gasteiger partial charge in [0.2, 0.25) is 0 Å². The largest absolute Gasteiger partial charge is 0.338 e. The van der Waals surface area contributed by atoms with Crippen LogP contribution >= 0.6 is 0 Å². The lowest BCUT2D eigenvalue weighted by molar-refractivity contribution is -0.0494. The Morgan fingerprint density at radius 2 is 1.78 bits per heavy atom. The molecule has 0 saturated carbocycles. The van der Waals surface area contributed by atoms with E-state index in [2.05, 4.69) is 11.0 Å². The fraction of sp³-hybridized carbons (Fsp3) is 0.286. The number of carbonyl (C=O) groups excluding carboxylic acids is 1. The van der Waals surface area contributed by atoms with Crippen LogP contribution in [0.3, 0.4) is 0 Å². The van der Waals surface area contributed by atoms with Crippen LogP contribution in [0.2, 0.25) is 0 Å². The van der Waals surface area contributed by atoms with Gasteiger partial charge in [0, 0.05) is 48.9 Å². The molecule has 0 aliphatic carbocycles. The fourth-order valence-corrected chi connectivity index (χ4v) is 5.24. The van der Waals surface area contributed by atoms with Gasteiger partial charge in [0.25, 0.3) is 17.4 Å². The second-order valence-electron chi connectivity index (χ2n) is 9.75. The van der Waals surface area contributed by atoms with E-state index >= 15 is 0 Å². The molecule has 4 aromatic rings. The second-order valence-corrected chi connectivity index (χ2v) is 12.5. The van der Waals surface area contributed by atoms with Crippen molar-refractivity contribution in [3.63, 3.8) is 0 Å². The van der Waals surface area contributed by atoms with Crippen LogP contribution in [0.4, 0.5) is 8.78 Å². The van der Waals surface area contributed by atoms with E-state index in [1.54, 1.807) is 30.7 Å². The number of nitrogens with zero attached hydrogens (tertiary/aromatic N) is 3. The molecule has 1 aromatic heterocycles. The Hall–Kier alpha value is -3.59. The summed E-state index contributed by atoms with van der Waals surface area (Å²) in [5, 5.41) is 7.25. The minimum absolute atomic E-state index is 0.0451. The number of rotatable bonds is 5. The summed E-state index contributed by atoms with van der Waals surface area (Å²) in [7, 11) is -2.23. The van der Waals surface area contributed by atoms with Crippen LogP contribution in [0.1, 0.15) is 23.2 Å². The van der Waals surface area contributed by atoms with Crippen LogP contribution in [0.15, 0.2) is 65.6 Å². The molecule has 6 nitrogen and oxygen atoms in total. The van der Waals surface area contributed by atoms with Gasteiger partial charge in [-0.15, -0.1) is 0 Å². The number of benzene rings is 3. The maximum absolute atomic E-state index is 13.5. The van der Waals surface area contributed by atoms with Gasteiger partial charge < -0.3 is 4.90 Å². The number of halogens is 2. The maximum Gasteiger partial charge on any atom is 0.274 e. The third-order valence-corrected chi connectivity index (χ3v) is 7.85. The zero-order chi connectivity index (χ0) is 26.4. The Bertz CT molecular complexity index is 1690. The van der Waals surface area contributed by atoms with E-state index in [0.29, 0.717) is 16.3 Å². The lowest BCUT2D eigenvalue weighted by atomic mass is 9.95. The molecule has 37 heavy (non-hydrogen) atoms. The number of alkyl halides is 2. The zero-order valence-electron chi connectivity index (χ0n) is 20.5. The number of hydrogen-bond donors (Lipinski definition) is 0. The number of aryl methyl sites for hydroxylation is 1. The molecule has 1 aliphatic rings. The highest BCUT2D eigenvalue weighted by Crippen LogP contribution is 2.32. The maximum atomic E-state index is 13.5. The molecule has 5 rings (SSSR count). The first-order chi connectivity index (χ1) is 17.5. The van der Waals surface area contributed by atoms with Crippen molar-refractivity contribution in [1.82, 2.24) is 14.7 Å². The summed E-state index contributed by atoms with van der Waals surface area (Å²) >= 11 is 0. The predicted octanol–water partition coefficient (Wildman–Crippen LogP) is 4.43. The van der Waals surface area contributed by atoms with Crippen molar-refractivity contribution in [3.8, 4) is 11.1 Å². The van der Waals surface area contributed by atoms with Gasteiger partial charge in [-0.1, -0.05) is 30.3 Å². The van der Waals surface area contributed by atoms with Gasteiger partial charge in [-0.05, 0) is 61.6 Å². The quantitative estimate of drug-likeness (QED) is 0.363. The van der Waals surface area contributed by atoms with Crippen LogP contribution in [-0.2, 0) is 16.1 Å². The number of amides is 1. The summed E-state index contributed by atoms with van der Waals surface area (Å²) in [4.78, 5) is 27.3. The molecule has 1 unspecified atom stereocenters. The molecule has 1 atom stereocenters. The molecular formula is C28H27F2N3O3S. The Morgan fingerprint density at radius 1 is 1.05 bits per heavy atom. The molecule has 192 valence electrons. The zero-order valence-corrected chi connectivity index (χ0v) is 21.3. The average Bonchev–Trinajstić information content (AvgIpc) is 2.86. The number of hydrogen-bond acceptors (Lipinski definition) is 4. The van der Waals surface area contributed by atoms with Crippen LogP contribution in [-0.4, -0.2) is 61.7 Å². The summed E-state index contributed by atoms with van der Waals surface area (Å²) in [5.41, 5.74) is 2.05. The Balaban J connectivity index is 1.45. The van der Waals surface area contributed by atoms with Gasteiger partial charge >= 0.3 is 0 Å². The number of fused-ring (bicyclic) bond motifs is 2. The molecule has 1 aliphatic heterocycles. The molecule has 0 radical (unpaired) electrons. The standard InChI is InChI=1S/C28H27F2N3O3S/c1-37(2,36)15-14-33-27(35)25-9-6-20(17-22(25)18-31-33)23-5-3-4-19-16-21(7-8-24(19)23)26(34)32-12-10-28(29,30)11-13-32/h3-9,16-18H,1,10-15H2,2H3. The highest BCUT2D eigenvalue weighted by Gasteiger charge is 2.35. The van der Waals surface area contributed by atoms with Gasteiger partial charge in [0.1, 0.15) is 0 Å². The third kappa shape index (κ3) is 5.27. The van der Waals surface area contributed by atoms with E-state index < -0.39 is 15.4 Å². The minimum atomic E-state index is -2.70. The Kier molecular flexibility index (Phi) is 6.35. The molecular weight excluding hydrogens is 496 g/mol. The van der Waals surface area contributed by atoms with Crippen LogP contribution in [0, 0.1) is 0 Å². The molecule has 2 heterocycles. The Labute approximate surface area is 213 Å². The van der Waals surface area contributed by atoms with Gasteiger partial charge in [-0.3, -0.25) is 13.8 Å². The SMILES string of the molecule is C=S(C)(=O)CCn1ncc2cc(-c3cccc4cc(C(=O)N5CCC(F)(F)CC5)ccc34)ccc2c1=O. The van der Waals surface area contributed by atoms with Gasteiger partial charge in [0.05, 0.1) is 18.1 Å². The fourth-order valence-electron chi connectivity index (χ4n) is 4.68. The smallest absolute Gasteiger partial charge is 0.274 e. The molecule has 1 amide bonds. The highest BCUT2D eigenvalue weighted by atomic mass is 32.2.